The van der Waals surface area contributed by atoms with Crippen LogP contribution in [0.1, 0.15) is 0 Å². The van der Waals surface area contributed by atoms with Gasteiger partial charge in [-0.15, -0.1) is 88.0 Å². The summed E-state index contributed by atoms with van der Waals surface area (Å²) in [6.07, 6.45) is 0. The van der Waals surface area contributed by atoms with E-state index in [-0.39, 0.29) is 54.5 Å². The van der Waals surface area contributed by atoms with Gasteiger partial charge in [0.05, 0.1) is 0 Å². The molecule has 0 aliphatic carbocycles. The van der Waals surface area contributed by atoms with Crippen molar-refractivity contribution in [2.75, 3.05) is 13.3 Å². The zero-order valence-corrected chi connectivity index (χ0v) is 19.8. The molecule has 5 rings (SSSR count). The molecule has 0 aromatic heterocycles. The Hall–Kier alpha value is -1.14. The molecule has 0 radical (unpaired) electrons. The number of hydrogen-bond acceptors (Lipinski definition) is 0. The average molecular weight is 459 g/mol. The third kappa shape index (κ3) is 5.26. The van der Waals surface area contributed by atoms with Crippen LogP contribution in [-0.4, -0.2) is 13.3 Å². The van der Waals surface area contributed by atoms with Crippen molar-refractivity contribution < 1.29 is 46.5 Å². The molecule has 0 saturated heterocycles. The largest absolute Gasteiger partial charge is 4.00 e. The second-order valence-electron chi connectivity index (χ2n) is 6.56. The van der Waals surface area contributed by atoms with Crippen molar-refractivity contribution in [2.24, 2.45) is 0 Å². The van der Waals surface area contributed by atoms with Gasteiger partial charge in [-0.2, -0.15) is 6.07 Å². The maximum atomic E-state index is 2.31. The monoisotopic (exact) mass is 458 g/mol. The van der Waals surface area contributed by atoms with Crippen LogP contribution >= 0.6 is 7.92 Å². The molecule has 140 valence electrons. The maximum absolute atomic E-state index is 2.31. The van der Waals surface area contributed by atoms with E-state index in [9.17, 15) is 0 Å². The minimum absolute atomic E-state index is 0. The summed E-state index contributed by atoms with van der Waals surface area (Å²) in [5, 5.41) is 9.65. The van der Waals surface area contributed by atoms with Crippen LogP contribution in [0.5, 0.6) is 0 Å². The van der Waals surface area contributed by atoms with Crippen molar-refractivity contribution in [3.63, 3.8) is 0 Å². The van der Waals surface area contributed by atoms with Crippen LogP contribution in [0.25, 0.3) is 32.3 Å². The Morgan fingerprint density at radius 2 is 1.07 bits per heavy atom. The molecule has 4 heteroatoms. The summed E-state index contributed by atoms with van der Waals surface area (Å²) in [6, 6.07) is 32.4. The summed E-state index contributed by atoms with van der Waals surface area (Å²) in [7, 11) is 0.0576. The molecule has 28 heavy (non-hydrogen) atoms. The summed E-state index contributed by atoms with van der Waals surface area (Å²) in [4.78, 5) is 0. The zero-order valence-electron chi connectivity index (χ0n) is 15.9. The first-order valence-electron chi connectivity index (χ1n) is 8.58. The van der Waals surface area contributed by atoms with E-state index in [1.54, 1.807) is 0 Å². The Labute approximate surface area is 195 Å². The first kappa shape index (κ1) is 24.9. The summed E-state index contributed by atoms with van der Waals surface area (Å²) >= 11 is 0. The van der Waals surface area contributed by atoms with Gasteiger partial charge in [0, 0.05) is 0 Å². The van der Waals surface area contributed by atoms with Gasteiger partial charge in [-0.1, -0.05) is 42.5 Å². The SMILES string of the molecule is CP(C)c1cc2ccccc2[cH-]1.[Cl-].[Cl-].[Ti+4].c1ccc2c(c1)[cH-]c1ccccc12. The van der Waals surface area contributed by atoms with Crippen LogP contribution in [0.3, 0.4) is 0 Å². The van der Waals surface area contributed by atoms with Gasteiger partial charge in [-0.05, 0) is 13.3 Å². The zero-order chi connectivity index (χ0) is 17.2. The molecule has 5 aromatic carbocycles. The summed E-state index contributed by atoms with van der Waals surface area (Å²) in [5.41, 5.74) is 0. The van der Waals surface area contributed by atoms with E-state index in [4.69, 9.17) is 0 Å². The van der Waals surface area contributed by atoms with E-state index in [1.165, 1.54) is 37.6 Å². The topological polar surface area (TPSA) is 0 Å². The van der Waals surface area contributed by atoms with Crippen LogP contribution in [0.2, 0.25) is 0 Å². The third-order valence-electron chi connectivity index (χ3n) is 4.64. The standard InChI is InChI=1S/C13H9.C11H12P.2ClH.Ti/c1-3-7-12-10(5-1)9-11-6-2-4-8-13(11)12;1-12(2)11-7-9-5-3-4-6-10(9)8-11;;;/h1-9H;3-8H,1-2H3;2*1H;/q2*-1;;;+4/p-2. The third-order valence-corrected chi connectivity index (χ3v) is 5.93. The average Bonchev–Trinajstić information content (AvgIpc) is 3.24. The van der Waals surface area contributed by atoms with Gasteiger partial charge in [-0.3, -0.25) is 0 Å². The molecule has 5 aromatic rings. The van der Waals surface area contributed by atoms with Gasteiger partial charge in [0.15, 0.2) is 0 Å². The van der Waals surface area contributed by atoms with Gasteiger partial charge in [0.25, 0.3) is 0 Å². The van der Waals surface area contributed by atoms with Gasteiger partial charge in [0.1, 0.15) is 0 Å². The molecule has 0 nitrogen and oxygen atoms in total. The van der Waals surface area contributed by atoms with Gasteiger partial charge < -0.3 is 24.8 Å². The Balaban J connectivity index is 0.000000254. The van der Waals surface area contributed by atoms with Crippen molar-refractivity contribution in [1.82, 2.24) is 0 Å². The quantitative estimate of drug-likeness (QED) is 0.196. The molecule has 0 bridgehead atoms. The van der Waals surface area contributed by atoms with Gasteiger partial charge in [0.2, 0.25) is 0 Å². The molecule has 0 spiro atoms. The molecule has 0 unspecified atom stereocenters. The molecule has 0 heterocycles. The van der Waals surface area contributed by atoms with E-state index in [1.807, 2.05) is 0 Å². The predicted octanol–water partition coefficient (Wildman–Crippen LogP) is 0.643. The number of hydrogen-bond donors (Lipinski definition) is 0. The summed E-state index contributed by atoms with van der Waals surface area (Å²) in [6.45, 7) is 4.59. The number of benzene rings is 3. The van der Waals surface area contributed by atoms with E-state index in [2.05, 4.69) is 104 Å². The normalized spacial score (nSPS) is 9.96. The number of halogens is 2. The predicted molar refractivity (Wildman–Crippen MR) is 115 cm³/mol. The van der Waals surface area contributed by atoms with Crippen molar-refractivity contribution in [3.8, 4) is 0 Å². The molecular weight excluding hydrogens is 438 g/mol. The summed E-state index contributed by atoms with van der Waals surface area (Å²) in [5.74, 6) is 0. The fraction of sp³-hybridized carbons (Fsp3) is 0.0833. The Bertz CT molecular complexity index is 1060. The molecule has 0 fully saturated rings. The first-order chi connectivity index (χ1) is 12.2. The van der Waals surface area contributed by atoms with E-state index in [0.29, 0.717) is 0 Å². The fourth-order valence-corrected chi connectivity index (χ4v) is 4.09. The molecule has 0 N–H and O–H groups in total. The molecule has 0 amide bonds. The van der Waals surface area contributed by atoms with Gasteiger partial charge >= 0.3 is 21.7 Å². The Morgan fingerprint density at radius 1 is 0.607 bits per heavy atom. The van der Waals surface area contributed by atoms with Crippen molar-refractivity contribution in [2.45, 2.75) is 0 Å². The van der Waals surface area contributed by atoms with E-state index < -0.39 is 0 Å². The van der Waals surface area contributed by atoms with Crippen LogP contribution in [0, 0.1) is 0 Å². The van der Waals surface area contributed by atoms with Crippen molar-refractivity contribution in [1.29, 1.82) is 0 Å². The molecule has 0 atom stereocenters. The maximum Gasteiger partial charge on any atom is 4.00 e. The summed E-state index contributed by atoms with van der Waals surface area (Å²) < 4.78 is 0. The molecule has 0 saturated carbocycles. The Kier molecular flexibility index (Phi) is 9.92. The van der Waals surface area contributed by atoms with E-state index >= 15 is 0 Å². The minimum atomic E-state index is 0. The molecular formula is C24H21Cl2PTi. The first-order valence-corrected chi connectivity index (χ1v) is 10.8. The van der Waals surface area contributed by atoms with Crippen LogP contribution in [-0.2, 0) is 21.7 Å². The van der Waals surface area contributed by atoms with Gasteiger partial charge in [-0.25, -0.2) is 0 Å². The molecule has 0 aliphatic heterocycles. The molecule has 0 aliphatic rings. The number of rotatable bonds is 1. The van der Waals surface area contributed by atoms with Crippen molar-refractivity contribution in [3.05, 3.63) is 91.0 Å². The smallest absolute Gasteiger partial charge is 1.00 e. The minimum Gasteiger partial charge on any atom is -1.00 e. The second-order valence-corrected chi connectivity index (χ2v) is 8.86. The number of fused-ring (bicyclic) bond motifs is 4. The fourth-order valence-electron chi connectivity index (χ4n) is 3.30. The van der Waals surface area contributed by atoms with E-state index in [0.717, 1.165) is 0 Å². The van der Waals surface area contributed by atoms with Crippen molar-refractivity contribution >= 4 is 45.5 Å². The van der Waals surface area contributed by atoms with Crippen LogP contribution in [0.4, 0.5) is 0 Å². The second kappa shape index (κ2) is 11.2. The van der Waals surface area contributed by atoms with Crippen LogP contribution < -0.4 is 30.1 Å². The Morgan fingerprint density at radius 3 is 1.57 bits per heavy atom. The van der Waals surface area contributed by atoms with Crippen LogP contribution in [0.15, 0.2) is 91.0 Å².